The fourth-order valence-corrected chi connectivity index (χ4v) is 4.79. The fourth-order valence-electron chi connectivity index (χ4n) is 3.86. The number of hydrogen-bond acceptors (Lipinski definition) is 5. The van der Waals surface area contributed by atoms with Crippen molar-refractivity contribution in [2.45, 2.75) is 38.3 Å². The molecule has 2 amide bonds. The van der Waals surface area contributed by atoms with Crippen molar-refractivity contribution in [3.8, 4) is 11.5 Å². The summed E-state index contributed by atoms with van der Waals surface area (Å²) in [6.45, 7) is 2.71. The van der Waals surface area contributed by atoms with E-state index in [0.717, 1.165) is 30.6 Å². The molecular weight excluding hydrogens is 388 g/mol. The number of carbonyl (C=O) groups excluding carboxylic acids is 2. The SMILES string of the molecule is COc1cccc(OC[C@H]2c3ccsc3CCN2C(=O)CN(C(C)=O)C2CC2)c1. The first kappa shape index (κ1) is 19.8. The van der Waals surface area contributed by atoms with E-state index in [0.29, 0.717) is 18.9 Å². The van der Waals surface area contributed by atoms with Gasteiger partial charge in [0.1, 0.15) is 24.7 Å². The first-order chi connectivity index (χ1) is 14.1. The summed E-state index contributed by atoms with van der Waals surface area (Å²) in [7, 11) is 1.62. The number of thiophene rings is 1. The van der Waals surface area contributed by atoms with Gasteiger partial charge in [-0.25, -0.2) is 0 Å². The molecule has 0 bridgehead atoms. The molecule has 1 aliphatic heterocycles. The first-order valence-corrected chi connectivity index (χ1v) is 10.8. The van der Waals surface area contributed by atoms with Crippen LogP contribution < -0.4 is 9.47 Å². The Balaban J connectivity index is 1.50. The van der Waals surface area contributed by atoms with Crippen molar-refractivity contribution in [1.82, 2.24) is 9.80 Å². The number of carbonyl (C=O) groups is 2. The van der Waals surface area contributed by atoms with Crippen LogP contribution in [0.2, 0.25) is 0 Å². The number of benzene rings is 1. The Hall–Kier alpha value is -2.54. The van der Waals surface area contributed by atoms with E-state index in [2.05, 4.69) is 11.4 Å². The van der Waals surface area contributed by atoms with Crippen LogP contribution in [0.3, 0.4) is 0 Å². The molecular formula is C22H26N2O4S. The molecule has 2 aromatic rings. The molecule has 0 radical (unpaired) electrons. The van der Waals surface area contributed by atoms with Gasteiger partial charge < -0.3 is 19.3 Å². The Kier molecular flexibility index (Phi) is 5.76. The zero-order valence-electron chi connectivity index (χ0n) is 16.8. The second-order valence-electron chi connectivity index (χ2n) is 7.52. The topological polar surface area (TPSA) is 59.1 Å². The maximum Gasteiger partial charge on any atom is 0.242 e. The number of nitrogens with zero attached hydrogens (tertiary/aromatic N) is 2. The first-order valence-electron chi connectivity index (χ1n) is 9.96. The van der Waals surface area contributed by atoms with Gasteiger partial charge in [0.2, 0.25) is 11.8 Å². The summed E-state index contributed by atoms with van der Waals surface area (Å²) in [5.41, 5.74) is 1.15. The molecule has 154 valence electrons. The van der Waals surface area contributed by atoms with Crippen LogP contribution in [0, 0.1) is 0 Å². The average Bonchev–Trinajstić information content (AvgIpc) is 3.45. The minimum atomic E-state index is -0.156. The molecule has 29 heavy (non-hydrogen) atoms. The summed E-state index contributed by atoms with van der Waals surface area (Å²) in [6, 6.07) is 9.64. The molecule has 1 atom stereocenters. The zero-order valence-corrected chi connectivity index (χ0v) is 17.6. The molecule has 0 spiro atoms. The highest BCUT2D eigenvalue weighted by molar-refractivity contribution is 7.10. The van der Waals surface area contributed by atoms with Gasteiger partial charge in [0.05, 0.1) is 13.2 Å². The van der Waals surface area contributed by atoms with E-state index < -0.39 is 0 Å². The normalized spacial score (nSPS) is 18.1. The van der Waals surface area contributed by atoms with Crippen molar-refractivity contribution in [2.75, 3.05) is 26.8 Å². The monoisotopic (exact) mass is 414 g/mol. The minimum absolute atomic E-state index is 0.0109. The summed E-state index contributed by atoms with van der Waals surface area (Å²) < 4.78 is 11.3. The molecule has 1 fully saturated rings. The van der Waals surface area contributed by atoms with Crippen molar-refractivity contribution < 1.29 is 19.1 Å². The minimum Gasteiger partial charge on any atom is -0.497 e. The number of ether oxygens (including phenoxy) is 2. The van der Waals surface area contributed by atoms with Crippen LogP contribution in [-0.4, -0.2) is 54.5 Å². The highest BCUT2D eigenvalue weighted by Crippen LogP contribution is 2.35. The number of rotatable bonds is 7. The summed E-state index contributed by atoms with van der Waals surface area (Å²) in [5, 5.41) is 2.07. The second-order valence-corrected chi connectivity index (χ2v) is 8.52. The lowest BCUT2D eigenvalue weighted by molar-refractivity contribution is -0.142. The quantitative estimate of drug-likeness (QED) is 0.698. The molecule has 1 aliphatic carbocycles. The van der Waals surface area contributed by atoms with Crippen LogP contribution in [-0.2, 0) is 16.0 Å². The molecule has 0 saturated heterocycles. The number of amides is 2. The Morgan fingerprint density at radius 3 is 2.76 bits per heavy atom. The molecule has 6 nitrogen and oxygen atoms in total. The lowest BCUT2D eigenvalue weighted by Crippen LogP contribution is -2.48. The number of methoxy groups -OCH3 is 1. The molecule has 1 saturated carbocycles. The van der Waals surface area contributed by atoms with E-state index in [4.69, 9.17) is 9.47 Å². The van der Waals surface area contributed by atoms with Gasteiger partial charge in [-0.15, -0.1) is 11.3 Å². The van der Waals surface area contributed by atoms with Crippen LogP contribution in [0.4, 0.5) is 0 Å². The lowest BCUT2D eigenvalue weighted by Gasteiger charge is -2.37. The third-order valence-corrected chi connectivity index (χ3v) is 6.56. The Morgan fingerprint density at radius 1 is 1.24 bits per heavy atom. The van der Waals surface area contributed by atoms with Crippen molar-refractivity contribution in [3.05, 3.63) is 46.2 Å². The predicted molar refractivity (Wildman–Crippen MR) is 111 cm³/mol. The highest BCUT2D eigenvalue weighted by atomic mass is 32.1. The van der Waals surface area contributed by atoms with Gasteiger partial charge in [-0.1, -0.05) is 6.07 Å². The highest BCUT2D eigenvalue weighted by Gasteiger charge is 2.36. The fraction of sp³-hybridized carbons (Fsp3) is 0.455. The van der Waals surface area contributed by atoms with E-state index in [-0.39, 0.29) is 30.4 Å². The summed E-state index contributed by atoms with van der Waals surface area (Å²) >= 11 is 1.73. The van der Waals surface area contributed by atoms with Gasteiger partial charge in [0.25, 0.3) is 0 Å². The Labute approximate surface area is 175 Å². The molecule has 4 rings (SSSR count). The molecule has 1 aromatic carbocycles. The van der Waals surface area contributed by atoms with Gasteiger partial charge in [0, 0.05) is 30.5 Å². The molecule has 7 heteroatoms. The van der Waals surface area contributed by atoms with Crippen LogP contribution in [0.1, 0.15) is 36.2 Å². The van der Waals surface area contributed by atoms with E-state index in [1.165, 1.54) is 4.88 Å². The summed E-state index contributed by atoms with van der Waals surface area (Å²) in [4.78, 5) is 30.0. The molecule has 2 heterocycles. The number of fused-ring (bicyclic) bond motifs is 1. The van der Waals surface area contributed by atoms with Crippen LogP contribution in [0.25, 0.3) is 0 Å². The van der Waals surface area contributed by atoms with Crippen molar-refractivity contribution in [3.63, 3.8) is 0 Å². The van der Waals surface area contributed by atoms with Gasteiger partial charge in [0.15, 0.2) is 0 Å². The van der Waals surface area contributed by atoms with Crippen molar-refractivity contribution >= 4 is 23.2 Å². The Bertz CT molecular complexity index is 892. The predicted octanol–water partition coefficient (Wildman–Crippen LogP) is 3.27. The van der Waals surface area contributed by atoms with Crippen LogP contribution in [0.5, 0.6) is 11.5 Å². The number of hydrogen-bond donors (Lipinski definition) is 0. The third-order valence-electron chi connectivity index (χ3n) is 5.56. The van der Waals surface area contributed by atoms with Gasteiger partial charge in [-0.2, -0.15) is 0 Å². The van der Waals surface area contributed by atoms with Crippen molar-refractivity contribution in [2.24, 2.45) is 0 Å². The molecule has 0 N–H and O–H groups in total. The zero-order chi connectivity index (χ0) is 20.4. The summed E-state index contributed by atoms with van der Waals surface area (Å²) in [5.74, 6) is 1.40. The van der Waals surface area contributed by atoms with E-state index >= 15 is 0 Å². The van der Waals surface area contributed by atoms with E-state index in [1.807, 2.05) is 29.2 Å². The average molecular weight is 415 g/mol. The Morgan fingerprint density at radius 2 is 2.03 bits per heavy atom. The maximum absolute atomic E-state index is 13.2. The van der Waals surface area contributed by atoms with Crippen LogP contribution in [0.15, 0.2) is 35.7 Å². The maximum atomic E-state index is 13.2. The molecule has 1 aromatic heterocycles. The van der Waals surface area contributed by atoms with E-state index in [9.17, 15) is 9.59 Å². The van der Waals surface area contributed by atoms with Gasteiger partial charge in [-0.3, -0.25) is 9.59 Å². The largest absolute Gasteiger partial charge is 0.497 e. The van der Waals surface area contributed by atoms with Gasteiger partial charge >= 0.3 is 0 Å². The second kappa shape index (κ2) is 8.45. The third kappa shape index (κ3) is 4.40. The standard InChI is InChI=1S/C22H26N2O4S/c1-15(25)24(16-6-7-16)13-22(26)23-10-8-21-19(9-11-29-21)20(23)14-28-18-5-3-4-17(12-18)27-2/h3-5,9,11-12,16,20H,6-8,10,13-14H2,1-2H3/t20-/m0/s1. The summed E-state index contributed by atoms with van der Waals surface area (Å²) in [6.07, 6.45) is 2.83. The smallest absolute Gasteiger partial charge is 0.242 e. The van der Waals surface area contributed by atoms with Crippen molar-refractivity contribution in [1.29, 1.82) is 0 Å². The van der Waals surface area contributed by atoms with E-state index in [1.54, 1.807) is 30.3 Å². The lowest BCUT2D eigenvalue weighted by atomic mass is 10.0. The van der Waals surface area contributed by atoms with Gasteiger partial charge in [-0.05, 0) is 48.4 Å². The molecule has 0 unspecified atom stereocenters. The van der Waals surface area contributed by atoms with Crippen LogP contribution >= 0.6 is 11.3 Å². The molecule has 2 aliphatic rings.